The Morgan fingerprint density at radius 1 is 1.30 bits per heavy atom. The van der Waals surface area contributed by atoms with E-state index in [9.17, 15) is 4.79 Å². The van der Waals surface area contributed by atoms with Gasteiger partial charge in [-0.25, -0.2) is 0 Å². The Morgan fingerprint density at radius 2 is 2.05 bits per heavy atom. The summed E-state index contributed by atoms with van der Waals surface area (Å²) < 4.78 is 5.83. The quantitative estimate of drug-likeness (QED) is 0.841. The van der Waals surface area contributed by atoms with E-state index in [4.69, 9.17) is 10.5 Å². The van der Waals surface area contributed by atoms with Gasteiger partial charge in [0.05, 0.1) is 24.2 Å². The van der Waals surface area contributed by atoms with Gasteiger partial charge in [0.15, 0.2) is 0 Å². The highest BCUT2D eigenvalue weighted by molar-refractivity contribution is 5.83. The number of carbonyl (C=O) groups is 1. The number of ether oxygens (including phenoxy) is 1. The third kappa shape index (κ3) is 2.37. The summed E-state index contributed by atoms with van der Waals surface area (Å²) >= 11 is 0. The van der Waals surface area contributed by atoms with Crippen molar-refractivity contribution < 1.29 is 9.53 Å². The molecular weight excluding hydrogens is 252 g/mol. The molecule has 114 valence electrons. The number of carbonyl (C=O) groups excluding carboxylic acids is 1. The fourth-order valence-corrected chi connectivity index (χ4v) is 4.30. The summed E-state index contributed by atoms with van der Waals surface area (Å²) in [6, 6.07) is 0.319. The van der Waals surface area contributed by atoms with Crippen LogP contribution in [0.3, 0.4) is 0 Å². The van der Waals surface area contributed by atoms with Crippen molar-refractivity contribution >= 4 is 5.91 Å². The predicted octanol–water partition coefficient (Wildman–Crippen LogP) is 1.92. The molecule has 1 saturated heterocycles. The first-order valence-electron chi connectivity index (χ1n) is 8.29. The standard InChI is InChI=1S/C16H28N2O2/c1-12-5-7-16(11-17,8-6-12)15(19)18-9-10-20-14-4-2-3-13(14)18/h12-14H,2-11,17H2,1H3. The van der Waals surface area contributed by atoms with E-state index in [1.165, 1.54) is 6.42 Å². The summed E-state index contributed by atoms with van der Waals surface area (Å²) in [6.07, 6.45) is 7.91. The summed E-state index contributed by atoms with van der Waals surface area (Å²) in [5, 5.41) is 0. The van der Waals surface area contributed by atoms with Crippen LogP contribution in [-0.4, -0.2) is 42.6 Å². The first kappa shape index (κ1) is 14.3. The van der Waals surface area contributed by atoms with Crippen LogP contribution in [0.2, 0.25) is 0 Å². The highest BCUT2D eigenvalue weighted by Gasteiger charge is 2.47. The monoisotopic (exact) mass is 280 g/mol. The minimum absolute atomic E-state index is 0.281. The minimum atomic E-state index is -0.281. The normalized spacial score (nSPS) is 41.5. The van der Waals surface area contributed by atoms with Gasteiger partial charge in [0.1, 0.15) is 0 Å². The molecule has 3 fully saturated rings. The van der Waals surface area contributed by atoms with E-state index in [-0.39, 0.29) is 11.5 Å². The van der Waals surface area contributed by atoms with Crippen molar-refractivity contribution in [3.05, 3.63) is 0 Å². The average Bonchev–Trinajstić information content (AvgIpc) is 2.96. The first-order valence-corrected chi connectivity index (χ1v) is 8.29. The second-order valence-electron chi connectivity index (χ2n) is 7.07. The zero-order chi connectivity index (χ0) is 14.2. The van der Waals surface area contributed by atoms with E-state index >= 15 is 0 Å². The number of amides is 1. The Kier molecular flexibility index (Phi) is 4.04. The fourth-order valence-electron chi connectivity index (χ4n) is 4.30. The summed E-state index contributed by atoms with van der Waals surface area (Å²) in [5.41, 5.74) is 5.77. The van der Waals surface area contributed by atoms with Crippen molar-refractivity contribution in [1.82, 2.24) is 4.90 Å². The Hall–Kier alpha value is -0.610. The SMILES string of the molecule is CC1CCC(CN)(C(=O)N2CCOC3CCCC32)CC1. The number of rotatable bonds is 2. The van der Waals surface area contributed by atoms with Crippen LogP contribution in [0.25, 0.3) is 0 Å². The summed E-state index contributed by atoms with van der Waals surface area (Å²) in [5.74, 6) is 1.07. The molecule has 2 atom stereocenters. The Labute approximate surface area is 122 Å². The molecule has 1 heterocycles. The van der Waals surface area contributed by atoms with Gasteiger partial charge in [-0.15, -0.1) is 0 Å². The number of hydrogen-bond acceptors (Lipinski definition) is 3. The molecule has 4 nitrogen and oxygen atoms in total. The Balaban J connectivity index is 1.76. The number of nitrogens with zero attached hydrogens (tertiary/aromatic N) is 1. The maximum absolute atomic E-state index is 13.1. The van der Waals surface area contributed by atoms with Crippen LogP contribution in [0.1, 0.15) is 51.9 Å². The molecule has 2 aliphatic carbocycles. The molecule has 0 radical (unpaired) electrons. The smallest absolute Gasteiger partial charge is 0.230 e. The second kappa shape index (κ2) is 5.64. The van der Waals surface area contributed by atoms with Gasteiger partial charge in [-0.05, 0) is 50.9 Å². The summed E-state index contributed by atoms with van der Waals surface area (Å²) in [7, 11) is 0. The molecule has 2 N–H and O–H groups in total. The molecule has 0 bridgehead atoms. The lowest BCUT2D eigenvalue weighted by Crippen LogP contribution is -2.58. The molecule has 0 aromatic rings. The zero-order valence-corrected chi connectivity index (χ0v) is 12.6. The molecule has 0 spiro atoms. The Morgan fingerprint density at radius 3 is 2.75 bits per heavy atom. The average molecular weight is 280 g/mol. The molecule has 0 aromatic heterocycles. The lowest BCUT2D eigenvalue weighted by Gasteiger charge is -2.45. The van der Waals surface area contributed by atoms with Gasteiger partial charge in [-0.2, -0.15) is 0 Å². The van der Waals surface area contributed by atoms with Crippen LogP contribution in [0.5, 0.6) is 0 Å². The highest BCUT2D eigenvalue weighted by atomic mass is 16.5. The third-order valence-corrected chi connectivity index (χ3v) is 5.82. The molecule has 0 aromatic carbocycles. The second-order valence-corrected chi connectivity index (χ2v) is 7.07. The maximum Gasteiger partial charge on any atom is 0.230 e. The molecule has 3 rings (SSSR count). The van der Waals surface area contributed by atoms with E-state index in [2.05, 4.69) is 11.8 Å². The molecule has 1 amide bonds. The first-order chi connectivity index (χ1) is 9.66. The number of morpholine rings is 1. The van der Waals surface area contributed by atoms with Crippen LogP contribution >= 0.6 is 0 Å². The molecule has 2 saturated carbocycles. The van der Waals surface area contributed by atoms with Crippen molar-refractivity contribution in [2.45, 2.75) is 64.0 Å². The van der Waals surface area contributed by atoms with Crippen LogP contribution in [0.4, 0.5) is 0 Å². The van der Waals surface area contributed by atoms with E-state index in [0.717, 1.165) is 51.0 Å². The maximum atomic E-state index is 13.1. The minimum Gasteiger partial charge on any atom is -0.374 e. The van der Waals surface area contributed by atoms with Gasteiger partial charge < -0.3 is 15.4 Å². The molecule has 20 heavy (non-hydrogen) atoms. The highest BCUT2D eigenvalue weighted by Crippen LogP contribution is 2.41. The zero-order valence-electron chi connectivity index (χ0n) is 12.6. The van der Waals surface area contributed by atoms with E-state index in [0.29, 0.717) is 25.1 Å². The van der Waals surface area contributed by atoms with Gasteiger partial charge >= 0.3 is 0 Å². The van der Waals surface area contributed by atoms with Crippen molar-refractivity contribution in [1.29, 1.82) is 0 Å². The fraction of sp³-hybridized carbons (Fsp3) is 0.938. The van der Waals surface area contributed by atoms with E-state index < -0.39 is 0 Å². The van der Waals surface area contributed by atoms with Crippen LogP contribution in [0, 0.1) is 11.3 Å². The number of hydrogen-bond donors (Lipinski definition) is 1. The van der Waals surface area contributed by atoms with Gasteiger partial charge in [-0.3, -0.25) is 4.79 Å². The summed E-state index contributed by atoms with van der Waals surface area (Å²) in [4.78, 5) is 15.3. The number of nitrogens with two attached hydrogens (primary N) is 1. The molecule has 3 aliphatic rings. The topological polar surface area (TPSA) is 55.6 Å². The predicted molar refractivity (Wildman–Crippen MR) is 78.2 cm³/mol. The van der Waals surface area contributed by atoms with Crippen molar-refractivity contribution in [3.8, 4) is 0 Å². The van der Waals surface area contributed by atoms with Crippen LogP contribution < -0.4 is 5.73 Å². The molecule has 1 aliphatic heterocycles. The Bertz CT molecular complexity index is 363. The largest absolute Gasteiger partial charge is 0.374 e. The molecule has 4 heteroatoms. The van der Waals surface area contributed by atoms with Crippen molar-refractivity contribution in [2.24, 2.45) is 17.1 Å². The lowest BCUT2D eigenvalue weighted by atomic mass is 9.69. The van der Waals surface area contributed by atoms with E-state index in [1.54, 1.807) is 0 Å². The molecular formula is C16H28N2O2. The summed E-state index contributed by atoms with van der Waals surface area (Å²) in [6.45, 7) is 4.25. The lowest BCUT2D eigenvalue weighted by molar-refractivity contribution is -0.156. The van der Waals surface area contributed by atoms with Crippen LogP contribution in [0.15, 0.2) is 0 Å². The van der Waals surface area contributed by atoms with Gasteiger partial charge in [0.2, 0.25) is 5.91 Å². The number of fused-ring (bicyclic) bond motifs is 1. The van der Waals surface area contributed by atoms with Crippen molar-refractivity contribution in [3.63, 3.8) is 0 Å². The third-order valence-electron chi connectivity index (χ3n) is 5.82. The van der Waals surface area contributed by atoms with Crippen LogP contribution in [-0.2, 0) is 9.53 Å². The van der Waals surface area contributed by atoms with Gasteiger partial charge in [-0.1, -0.05) is 6.92 Å². The van der Waals surface area contributed by atoms with Gasteiger partial charge in [0.25, 0.3) is 0 Å². The van der Waals surface area contributed by atoms with E-state index in [1.807, 2.05) is 0 Å². The van der Waals surface area contributed by atoms with Gasteiger partial charge in [0, 0.05) is 13.1 Å². The van der Waals surface area contributed by atoms with Crippen molar-refractivity contribution in [2.75, 3.05) is 19.7 Å². The molecule has 2 unspecified atom stereocenters.